The van der Waals surface area contributed by atoms with Gasteiger partial charge in [-0.3, -0.25) is 4.79 Å². The first-order chi connectivity index (χ1) is 9.72. The number of amides is 1. The molecule has 2 rings (SSSR count). The molecule has 3 N–H and O–H groups in total. The van der Waals surface area contributed by atoms with Gasteiger partial charge in [-0.1, -0.05) is 13.8 Å². The Labute approximate surface area is 122 Å². The van der Waals surface area contributed by atoms with Crippen molar-refractivity contribution in [3.8, 4) is 0 Å². The molecule has 116 valence electrons. The molecule has 0 aliphatic heterocycles. The van der Waals surface area contributed by atoms with Gasteiger partial charge in [-0.15, -0.1) is 0 Å². The SMILES string of the molecule is CCOC1CC(N)(C(=O)Nc2ccc(F)cc2F)C1(C)C. The second-order valence-electron chi connectivity index (χ2n) is 5.92. The molecule has 1 aliphatic carbocycles. The second-order valence-corrected chi connectivity index (χ2v) is 5.92. The molecule has 0 aromatic heterocycles. The molecule has 1 aliphatic rings. The van der Waals surface area contributed by atoms with E-state index in [1.165, 1.54) is 6.07 Å². The van der Waals surface area contributed by atoms with E-state index in [9.17, 15) is 13.6 Å². The van der Waals surface area contributed by atoms with Crippen molar-refractivity contribution < 1.29 is 18.3 Å². The Kier molecular flexibility index (Phi) is 4.04. The number of anilines is 1. The fourth-order valence-electron chi connectivity index (χ4n) is 2.65. The quantitative estimate of drug-likeness (QED) is 0.897. The van der Waals surface area contributed by atoms with Gasteiger partial charge in [0.1, 0.15) is 17.2 Å². The summed E-state index contributed by atoms with van der Waals surface area (Å²) in [5.41, 5.74) is 4.39. The molecule has 6 heteroatoms. The normalized spacial score (nSPS) is 27.0. The summed E-state index contributed by atoms with van der Waals surface area (Å²) in [7, 11) is 0. The summed E-state index contributed by atoms with van der Waals surface area (Å²) in [6.45, 7) is 6.10. The summed E-state index contributed by atoms with van der Waals surface area (Å²) in [5.74, 6) is -2.02. The van der Waals surface area contributed by atoms with Crippen LogP contribution in [0.4, 0.5) is 14.5 Å². The zero-order valence-electron chi connectivity index (χ0n) is 12.4. The first kappa shape index (κ1) is 15.9. The van der Waals surface area contributed by atoms with Crippen LogP contribution in [-0.4, -0.2) is 24.2 Å². The maximum Gasteiger partial charge on any atom is 0.245 e. The molecule has 1 fully saturated rings. The largest absolute Gasteiger partial charge is 0.378 e. The van der Waals surface area contributed by atoms with Crippen LogP contribution in [0.25, 0.3) is 0 Å². The molecule has 0 heterocycles. The highest BCUT2D eigenvalue weighted by Gasteiger charge is 2.62. The van der Waals surface area contributed by atoms with Gasteiger partial charge < -0.3 is 15.8 Å². The number of benzene rings is 1. The Hall–Kier alpha value is -1.53. The maximum atomic E-state index is 13.6. The summed E-state index contributed by atoms with van der Waals surface area (Å²) < 4.78 is 32.0. The molecule has 0 saturated heterocycles. The van der Waals surface area contributed by atoms with Crippen LogP contribution in [0.2, 0.25) is 0 Å². The van der Waals surface area contributed by atoms with Crippen molar-refractivity contribution in [2.75, 3.05) is 11.9 Å². The lowest BCUT2D eigenvalue weighted by Crippen LogP contribution is -2.74. The molecular formula is C15H20F2N2O2. The van der Waals surface area contributed by atoms with Crippen molar-refractivity contribution in [3.63, 3.8) is 0 Å². The minimum absolute atomic E-state index is 0.0816. The molecule has 1 aromatic rings. The lowest BCUT2D eigenvalue weighted by molar-refractivity contribution is -0.166. The average Bonchev–Trinajstić information content (AvgIpc) is 2.41. The Bertz CT molecular complexity index is 563. The highest BCUT2D eigenvalue weighted by molar-refractivity contribution is 5.99. The Morgan fingerprint density at radius 2 is 2.14 bits per heavy atom. The molecule has 0 radical (unpaired) electrons. The number of nitrogens with one attached hydrogen (secondary N) is 1. The molecule has 1 amide bonds. The molecule has 2 unspecified atom stereocenters. The van der Waals surface area contributed by atoms with Crippen LogP contribution < -0.4 is 11.1 Å². The first-order valence-electron chi connectivity index (χ1n) is 6.89. The van der Waals surface area contributed by atoms with Crippen molar-refractivity contribution in [1.29, 1.82) is 0 Å². The van der Waals surface area contributed by atoms with Crippen LogP contribution in [0, 0.1) is 17.0 Å². The van der Waals surface area contributed by atoms with Crippen molar-refractivity contribution in [2.45, 2.75) is 38.8 Å². The Balaban J connectivity index is 2.14. The summed E-state index contributed by atoms with van der Waals surface area (Å²) in [5, 5.41) is 2.44. The topological polar surface area (TPSA) is 64.3 Å². The number of hydrogen-bond acceptors (Lipinski definition) is 3. The molecule has 0 bridgehead atoms. The number of ether oxygens (including phenoxy) is 1. The molecule has 0 spiro atoms. The van der Waals surface area contributed by atoms with Crippen LogP contribution in [0.3, 0.4) is 0 Å². The van der Waals surface area contributed by atoms with Gasteiger partial charge in [0.2, 0.25) is 5.91 Å². The zero-order valence-corrected chi connectivity index (χ0v) is 12.4. The minimum atomic E-state index is -1.15. The van der Waals surface area contributed by atoms with E-state index in [-0.39, 0.29) is 11.8 Å². The average molecular weight is 298 g/mol. The third-order valence-corrected chi connectivity index (χ3v) is 4.41. The maximum absolute atomic E-state index is 13.6. The second kappa shape index (κ2) is 5.35. The van der Waals surface area contributed by atoms with Crippen molar-refractivity contribution in [2.24, 2.45) is 11.1 Å². The highest BCUT2D eigenvalue weighted by Crippen LogP contribution is 2.50. The van der Waals surface area contributed by atoms with E-state index in [4.69, 9.17) is 10.5 Å². The fourth-order valence-corrected chi connectivity index (χ4v) is 2.65. The number of carbonyl (C=O) groups excluding carboxylic acids is 1. The molecule has 2 atom stereocenters. The number of rotatable bonds is 4. The highest BCUT2D eigenvalue weighted by atomic mass is 19.1. The lowest BCUT2D eigenvalue weighted by atomic mass is 9.54. The molecular weight excluding hydrogens is 278 g/mol. The zero-order chi connectivity index (χ0) is 15.8. The van der Waals surface area contributed by atoms with Gasteiger partial charge in [-0.05, 0) is 19.1 Å². The van der Waals surface area contributed by atoms with Gasteiger partial charge >= 0.3 is 0 Å². The molecule has 4 nitrogen and oxygen atoms in total. The van der Waals surface area contributed by atoms with Crippen molar-refractivity contribution in [3.05, 3.63) is 29.8 Å². The molecule has 21 heavy (non-hydrogen) atoms. The summed E-state index contributed by atoms with van der Waals surface area (Å²) in [4.78, 5) is 12.4. The van der Waals surface area contributed by atoms with Gasteiger partial charge in [0.15, 0.2) is 0 Å². The third kappa shape index (κ3) is 2.53. The van der Waals surface area contributed by atoms with Crippen LogP contribution in [0.15, 0.2) is 18.2 Å². The van der Waals surface area contributed by atoms with Gasteiger partial charge in [-0.25, -0.2) is 8.78 Å². The minimum Gasteiger partial charge on any atom is -0.378 e. The van der Waals surface area contributed by atoms with E-state index < -0.39 is 28.5 Å². The predicted molar refractivity (Wildman–Crippen MR) is 75.7 cm³/mol. The van der Waals surface area contributed by atoms with Gasteiger partial charge in [0, 0.05) is 24.5 Å². The monoisotopic (exact) mass is 298 g/mol. The molecule has 1 aromatic carbocycles. The Morgan fingerprint density at radius 1 is 1.48 bits per heavy atom. The lowest BCUT2D eigenvalue weighted by Gasteiger charge is -2.57. The standard InChI is InChI=1S/C15H20F2N2O2/c1-4-21-12-8-15(18,14(12,2)3)13(20)19-11-6-5-9(16)7-10(11)17/h5-7,12H,4,8,18H2,1-3H3,(H,19,20). The van der Waals surface area contributed by atoms with Gasteiger partial charge in [0.05, 0.1) is 11.8 Å². The van der Waals surface area contributed by atoms with E-state index in [0.29, 0.717) is 19.1 Å². The van der Waals surface area contributed by atoms with Crippen molar-refractivity contribution in [1.82, 2.24) is 0 Å². The summed E-state index contributed by atoms with van der Waals surface area (Å²) in [6.07, 6.45) is 0.249. The fraction of sp³-hybridized carbons (Fsp3) is 0.533. The van der Waals surface area contributed by atoms with E-state index in [0.717, 1.165) is 6.07 Å². The third-order valence-electron chi connectivity index (χ3n) is 4.41. The van der Waals surface area contributed by atoms with Crippen LogP contribution in [-0.2, 0) is 9.53 Å². The summed E-state index contributed by atoms with van der Waals surface area (Å²) >= 11 is 0. The van der Waals surface area contributed by atoms with E-state index in [1.807, 2.05) is 20.8 Å². The van der Waals surface area contributed by atoms with Crippen LogP contribution in [0.5, 0.6) is 0 Å². The number of hydrogen-bond donors (Lipinski definition) is 2. The van der Waals surface area contributed by atoms with E-state index in [2.05, 4.69) is 5.32 Å². The van der Waals surface area contributed by atoms with Gasteiger partial charge in [0.25, 0.3) is 0 Å². The van der Waals surface area contributed by atoms with E-state index in [1.54, 1.807) is 0 Å². The number of carbonyl (C=O) groups is 1. The smallest absolute Gasteiger partial charge is 0.245 e. The first-order valence-corrected chi connectivity index (χ1v) is 6.89. The van der Waals surface area contributed by atoms with Gasteiger partial charge in [-0.2, -0.15) is 0 Å². The van der Waals surface area contributed by atoms with Crippen LogP contribution >= 0.6 is 0 Å². The number of nitrogens with two attached hydrogens (primary N) is 1. The Morgan fingerprint density at radius 3 is 2.67 bits per heavy atom. The predicted octanol–water partition coefficient (Wildman–Crippen LogP) is 2.44. The number of halogens is 2. The summed E-state index contributed by atoms with van der Waals surface area (Å²) in [6, 6.07) is 2.97. The van der Waals surface area contributed by atoms with Crippen molar-refractivity contribution >= 4 is 11.6 Å². The molecule has 1 saturated carbocycles. The van der Waals surface area contributed by atoms with Crippen LogP contribution in [0.1, 0.15) is 27.2 Å². The van der Waals surface area contributed by atoms with E-state index >= 15 is 0 Å².